The molecule has 0 aromatic heterocycles. The summed E-state index contributed by atoms with van der Waals surface area (Å²) < 4.78 is 38.5. The molecule has 7 nitrogen and oxygen atoms in total. The summed E-state index contributed by atoms with van der Waals surface area (Å²) in [6.07, 6.45) is 4.16. The Morgan fingerprint density at radius 2 is 2.00 bits per heavy atom. The highest BCUT2D eigenvalue weighted by Crippen LogP contribution is 2.27. The molecule has 0 saturated carbocycles. The Balaban J connectivity index is 1.63. The summed E-state index contributed by atoms with van der Waals surface area (Å²) >= 11 is 0. The molecular formula is C19H28N2O5S. The molecule has 150 valence electrons. The number of nitrogens with one attached hydrogen (secondary N) is 1. The van der Waals surface area contributed by atoms with Gasteiger partial charge in [-0.2, -0.15) is 4.31 Å². The molecule has 1 amide bonds. The van der Waals surface area contributed by atoms with Gasteiger partial charge >= 0.3 is 0 Å². The molecule has 3 rings (SSSR count). The Morgan fingerprint density at radius 1 is 1.26 bits per heavy atom. The molecule has 2 unspecified atom stereocenters. The van der Waals surface area contributed by atoms with Gasteiger partial charge in [0.1, 0.15) is 11.0 Å². The van der Waals surface area contributed by atoms with E-state index in [0.29, 0.717) is 25.4 Å². The standard InChI is InChI=1S/C19H28N2O5S/c1-15(26-14-16-8-4-7-13-25-16)19(22)20-17-9-2-3-10-18(17)27(23,24)21-11-5-6-12-21/h2-3,9-10,15-16H,4-8,11-14H2,1H3,(H,20,22). The van der Waals surface area contributed by atoms with E-state index in [0.717, 1.165) is 38.7 Å². The molecule has 0 bridgehead atoms. The van der Waals surface area contributed by atoms with Crippen molar-refractivity contribution in [3.8, 4) is 0 Å². The molecule has 2 atom stereocenters. The monoisotopic (exact) mass is 396 g/mol. The van der Waals surface area contributed by atoms with Gasteiger partial charge in [-0.3, -0.25) is 4.79 Å². The second-order valence-corrected chi connectivity index (χ2v) is 8.97. The van der Waals surface area contributed by atoms with Crippen molar-refractivity contribution in [1.82, 2.24) is 4.31 Å². The van der Waals surface area contributed by atoms with E-state index in [-0.39, 0.29) is 16.9 Å². The summed E-state index contributed by atoms with van der Waals surface area (Å²) in [6.45, 7) is 3.80. The third-order valence-electron chi connectivity index (χ3n) is 5.00. The number of carbonyl (C=O) groups is 1. The van der Waals surface area contributed by atoms with Crippen LogP contribution < -0.4 is 5.32 Å². The molecule has 1 aromatic rings. The molecule has 1 aromatic carbocycles. The fraction of sp³-hybridized carbons (Fsp3) is 0.632. The number of sulfonamides is 1. The maximum absolute atomic E-state index is 12.9. The van der Waals surface area contributed by atoms with Gasteiger partial charge < -0.3 is 14.8 Å². The van der Waals surface area contributed by atoms with Gasteiger partial charge in [-0.1, -0.05) is 12.1 Å². The lowest BCUT2D eigenvalue weighted by molar-refractivity contribution is -0.130. The molecule has 0 aliphatic carbocycles. The lowest BCUT2D eigenvalue weighted by Crippen LogP contribution is -2.33. The quantitative estimate of drug-likeness (QED) is 0.765. The van der Waals surface area contributed by atoms with Crippen LogP contribution in [-0.2, 0) is 24.3 Å². The first-order valence-electron chi connectivity index (χ1n) is 9.62. The van der Waals surface area contributed by atoms with Crippen LogP contribution in [0.2, 0.25) is 0 Å². The number of amides is 1. The van der Waals surface area contributed by atoms with Crippen LogP contribution >= 0.6 is 0 Å². The lowest BCUT2D eigenvalue weighted by atomic mass is 10.1. The largest absolute Gasteiger partial charge is 0.376 e. The van der Waals surface area contributed by atoms with Crippen LogP contribution in [0.4, 0.5) is 5.69 Å². The van der Waals surface area contributed by atoms with E-state index in [1.165, 1.54) is 10.4 Å². The highest BCUT2D eigenvalue weighted by Gasteiger charge is 2.30. The van der Waals surface area contributed by atoms with Crippen molar-refractivity contribution in [3.05, 3.63) is 24.3 Å². The number of rotatable bonds is 7. The average molecular weight is 397 g/mol. The number of anilines is 1. The highest BCUT2D eigenvalue weighted by molar-refractivity contribution is 7.89. The van der Waals surface area contributed by atoms with E-state index in [1.807, 2.05) is 0 Å². The van der Waals surface area contributed by atoms with E-state index in [4.69, 9.17) is 9.47 Å². The van der Waals surface area contributed by atoms with Gasteiger partial charge in [-0.15, -0.1) is 0 Å². The van der Waals surface area contributed by atoms with Crippen LogP contribution in [0.25, 0.3) is 0 Å². The smallest absolute Gasteiger partial charge is 0.253 e. The van der Waals surface area contributed by atoms with Crippen molar-refractivity contribution < 1.29 is 22.7 Å². The number of para-hydroxylation sites is 1. The molecule has 2 aliphatic rings. The minimum absolute atomic E-state index is 0.0248. The predicted molar refractivity (Wildman–Crippen MR) is 102 cm³/mol. The molecule has 8 heteroatoms. The summed E-state index contributed by atoms with van der Waals surface area (Å²) in [4.78, 5) is 12.6. The second-order valence-electron chi connectivity index (χ2n) is 7.06. The first-order chi connectivity index (χ1) is 13.0. The van der Waals surface area contributed by atoms with Crippen molar-refractivity contribution in [2.24, 2.45) is 0 Å². The zero-order chi connectivity index (χ0) is 19.3. The lowest BCUT2D eigenvalue weighted by Gasteiger charge is -2.24. The Hall–Kier alpha value is -1.48. The van der Waals surface area contributed by atoms with E-state index >= 15 is 0 Å². The van der Waals surface area contributed by atoms with Crippen LogP contribution in [0.3, 0.4) is 0 Å². The van der Waals surface area contributed by atoms with Crippen LogP contribution in [0, 0.1) is 0 Å². The molecule has 0 radical (unpaired) electrons. The summed E-state index contributed by atoms with van der Waals surface area (Å²) in [5.41, 5.74) is 0.291. The second kappa shape index (κ2) is 9.14. The van der Waals surface area contributed by atoms with E-state index in [2.05, 4.69) is 5.32 Å². The van der Waals surface area contributed by atoms with Gasteiger partial charge in [0.15, 0.2) is 0 Å². The van der Waals surface area contributed by atoms with Gasteiger partial charge in [0.2, 0.25) is 10.0 Å². The molecule has 0 spiro atoms. The van der Waals surface area contributed by atoms with Gasteiger partial charge in [-0.25, -0.2) is 8.42 Å². The van der Waals surface area contributed by atoms with Gasteiger partial charge in [0.25, 0.3) is 5.91 Å². The first kappa shape index (κ1) is 20.3. The zero-order valence-electron chi connectivity index (χ0n) is 15.7. The Labute approximate surface area is 161 Å². The summed E-state index contributed by atoms with van der Waals surface area (Å²) in [5.74, 6) is -0.366. The van der Waals surface area contributed by atoms with Gasteiger partial charge in [0.05, 0.1) is 18.4 Å². The number of hydrogen-bond donors (Lipinski definition) is 1. The number of carbonyl (C=O) groups excluding carboxylic acids is 1. The Morgan fingerprint density at radius 3 is 2.70 bits per heavy atom. The summed E-state index contributed by atoms with van der Waals surface area (Å²) in [6, 6.07) is 6.52. The van der Waals surface area contributed by atoms with Crippen LogP contribution in [-0.4, -0.2) is 57.1 Å². The van der Waals surface area contributed by atoms with E-state index in [1.54, 1.807) is 25.1 Å². The van der Waals surface area contributed by atoms with Crippen LogP contribution in [0.1, 0.15) is 39.0 Å². The minimum atomic E-state index is -3.61. The Bertz CT molecular complexity index is 740. The molecular weight excluding hydrogens is 368 g/mol. The van der Waals surface area contributed by atoms with Crippen molar-refractivity contribution in [2.75, 3.05) is 31.6 Å². The van der Waals surface area contributed by atoms with Crippen LogP contribution in [0.15, 0.2) is 29.2 Å². The zero-order valence-corrected chi connectivity index (χ0v) is 16.5. The van der Waals surface area contributed by atoms with Crippen LogP contribution in [0.5, 0.6) is 0 Å². The topological polar surface area (TPSA) is 84.9 Å². The molecule has 2 heterocycles. The maximum Gasteiger partial charge on any atom is 0.253 e. The van der Waals surface area contributed by atoms with Gasteiger partial charge in [-0.05, 0) is 51.2 Å². The predicted octanol–water partition coefficient (Wildman–Crippen LogP) is 2.38. The third-order valence-corrected chi connectivity index (χ3v) is 6.96. The number of nitrogens with zero attached hydrogens (tertiary/aromatic N) is 1. The molecule has 2 saturated heterocycles. The average Bonchev–Trinajstić information content (AvgIpc) is 3.23. The SMILES string of the molecule is CC(OCC1CCCCO1)C(=O)Nc1ccccc1S(=O)(=O)N1CCCC1. The maximum atomic E-state index is 12.9. The Kier molecular flexibility index (Phi) is 6.86. The first-order valence-corrected chi connectivity index (χ1v) is 11.1. The molecule has 2 fully saturated rings. The fourth-order valence-electron chi connectivity index (χ4n) is 3.36. The van der Waals surface area contributed by atoms with Crippen molar-refractivity contribution in [2.45, 2.75) is 56.1 Å². The normalized spacial score (nSPS) is 22.5. The number of ether oxygens (including phenoxy) is 2. The van der Waals surface area contributed by atoms with Crippen molar-refractivity contribution in [3.63, 3.8) is 0 Å². The van der Waals surface area contributed by atoms with E-state index < -0.39 is 16.1 Å². The van der Waals surface area contributed by atoms with Crippen molar-refractivity contribution >= 4 is 21.6 Å². The third kappa shape index (κ3) is 5.07. The van der Waals surface area contributed by atoms with E-state index in [9.17, 15) is 13.2 Å². The molecule has 27 heavy (non-hydrogen) atoms. The number of benzene rings is 1. The number of hydrogen-bond acceptors (Lipinski definition) is 5. The van der Waals surface area contributed by atoms with Gasteiger partial charge in [0, 0.05) is 19.7 Å². The van der Waals surface area contributed by atoms with Crippen molar-refractivity contribution in [1.29, 1.82) is 0 Å². The molecule has 1 N–H and O–H groups in total. The summed E-state index contributed by atoms with van der Waals surface area (Å²) in [5, 5.41) is 2.72. The highest BCUT2D eigenvalue weighted by atomic mass is 32.2. The minimum Gasteiger partial charge on any atom is -0.376 e. The summed E-state index contributed by atoms with van der Waals surface area (Å²) in [7, 11) is -3.61. The fourth-order valence-corrected chi connectivity index (χ4v) is 5.03. The molecule has 2 aliphatic heterocycles.